The first-order valence-electron chi connectivity index (χ1n) is 4.91. The lowest BCUT2D eigenvalue weighted by atomic mass is 10.1. The van der Waals surface area contributed by atoms with Gasteiger partial charge in [0, 0.05) is 6.20 Å². The first-order valence-corrected chi connectivity index (χ1v) is 4.91. The molecule has 3 heteroatoms. The Balaban J connectivity index is 3.20. The quantitative estimate of drug-likeness (QED) is 0.678. The maximum absolute atomic E-state index is 10.8. The minimum Gasteiger partial charge on any atom is -0.298 e. The van der Waals surface area contributed by atoms with Crippen LogP contribution in [0.15, 0.2) is 6.20 Å². The Hall–Kier alpha value is -1.12. The van der Waals surface area contributed by atoms with Gasteiger partial charge in [-0.25, -0.2) is 0 Å². The van der Waals surface area contributed by atoms with Crippen molar-refractivity contribution in [3.8, 4) is 0 Å². The third-order valence-corrected chi connectivity index (χ3v) is 2.13. The lowest BCUT2D eigenvalue weighted by Gasteiger charge is -2.18. The number of rotatable bonds is 2. The first-order chi connectivity index (χ1) is 6.36. The normalized spacial score (nSPS) is 12.1. The monoisotopic (exact) mass is 194 g/mol. The van der Waals surface area contributed by atoms with Gasteiger partial charge in [0.1, 0.15) is 0 Å². The number of hydrogen-bond donors (Lipinski definition) is 0. The number of aldehydes is 1. The molecule has 78 valence electrons. The minimum absolute atomic E-state index is 0.0646. The molecule has 1 aromatic rings. The van der Waals surface area contributed by atoms with E-state index < -0.39 is 0 Å². The van der Waals surface area contributed by atoms with E-state index in [9.17, 15) is 4.79 Å². The molecule has 3 nitrogen and oxygen atoms in total. The average molecular weight is 194 g/mol. The molecule has 0 bridgehead atoms. The minimum atomic E-state index is -0.0646. The van der Waals surface area contributed by atoms with E-state index >= 15 is 0 Å². The zero-order valence-electron chi connectivity index (χ0n) is 9.53. The van der Waals surface area contributed by atoms with Gasteiger partial charge >= 0.3 is 0 Å². The van der Waals surface area contributed by atoms with Gasteiger partial charge in [-0.15, -0.1) is 0 Å². The highest BCUT2D eigenvalue weighted by Crippen LogP contribution is 2.20. The molecule has 1 aromatic heterocycles. The molecule has 0 fully saturated rings. The molecule has 0 aromatic carbocycles. The smallest absolute Gasteiger partial charge is 0.153 e. The van der Waals surface area contributed by atoms with Gasteiger partial charge in [0.15, 0.2) is 6.29 Å². The summed E-state index contributed by atoms with van der Waals surface area (Å²) >= 11 is 0. The van der Waals surface area contributed by atoms with Gasteiger partial charge in [-0.05, 0) is 26.7 Å². The fraction of sp³-hybridized carbons (Fsp3) is 0.636. The Morgan fingerprint density at radius 2 is 2.00 bits per heavy atom. The Bertz CT molecular complexity index is 332. The number of carbonyl (C=O) groups is 1. The van der Waals surface area contributed by atoms with Crippen LogP contribution >= 0.6 is 0 Å². The molecule has 0 radical (unpaired) electrons. The maximum Gasteiger partial charge on any atom is 0.153 e. The van der Waals surface area contributed by atoms with Crippen molar-refractivity contribution in [2.24, 2.45) is 0 Å². The van der Waals surface area contributed by atoms with Crippen LogP contribution in [-0.2, 0) is 5.54 Å². The van der Waals surface area contributed by atoms with Crippen molar-refractivity contribution in [3.05, 3.63) is 17.5 Å². The second kappa shape index (κ2) is 3.56. The van der Waals surface area contributed by atoms with Crippen LogP contribution in [0.3, 0.4) is 0 Å². The molecule has 0 unspecified atom stereocenters. The SMILES string of the molecule is CC(C)c1nn(C(C)(C)C)cc1C=O. The zero-order valence-corrected chi connectivity index (χ0v) is 9.53. The van der Waals surface area contributed by atoms with Gasteiger partial charge in [-0.2, -0.15) is 5.10 Å². The van der Waals surface area contributed by atoms with E-state index in [-0.39, 0.29) is 5.54 Å². The number of nitrogens with zero attached hydrogens (tertiary/aromatic N) is 2. The van der Waals surface area contributed by atoms with Crippen LogP contribution in [0.1, 0.15) is 56.6 Å². The summed E-state index contributed by atoms with van der Waals surface area (Å²) in [5.41, 5.74) is 1.52. The lowest BCUT2D eigenvalue weighted by molar-refractivity contribution is 0.112. The van der Waals surface area contributed by atoms with E-state index in [2.05, 4.69) is 25.9 Å². The van der Waals surface area contributed by atoms with Crippen LogP contribution in [0.4, 0.5) is 0 Å². The topological polar surface area (TPSA) is 34.9 Å². The fourth-order valence-electron chi connectivity index (χ4n) is 1.28. The van der Waals surface area contributed by atoms with Gasteiger partial charge < -0.3 is 0 Å². The van der Waals surface area contributed by atoms with Crippen molar-refractivity contribution in [2.75, 3.05) is 0 Å². The predicted octanol–water partition coefficient (Wildman–Crippen LogP) is 2.57. The third kappa shape index (κ3) is 2.03. The maximum atomic E-state index is 10.8. The van der Waals surface area contributed by atoms with E-state index in [4.69, 9.17) is 0 Å². The fourth-order valence-corrected chi connectivity index (χ4v) is 1.28. The zero-order chi connectivity index (χ0) is 10.9. The molecule has 0 aliphatic heterocycles. The predicted molar refractivity (Wildman–Crippen MR) is 56.7 cm³/mol. The second-order valence-electron chi connectivity index (χ2n) is 4.86. The molecular formula is C11H18N2O. The average Bonchev–Trinajstić information content (AvgIpc) is 2.45. The molecule has 0 N–H and O–H groups in total. The summed E-state index contributed by atoms with van der Waals surface area (Å²) in [6, 6.07) is 0. The van der Waals surface area contributed by atoms with Crippen LogP contribution in [-0.4, -0.2) is 16.1 Å². The van der Waals surface area contributed by atoms with Crippen molar-refractivity contribution in [1.29, 1.82) is 0 Å². The summed E-state index contributed by atoms with van der Waals surface area (Å²) in [7, 11) is 0. The number of carbonyl (C=O) groups excluding carboxylic acids is 1. The highest BCUT2D eigenvalue weighted by molar-refractivity contribution is 5.76. The van der Waals surface area contributed by atoms with Gasteiger partial charge in [-0.1, -0.05) is 13.8 Å². The summed E-state index contributed by atoms with van der Waals surface area (Å²) in [5, 5.41) is 4.44. The van der Waals surface area contributed by atoms with Gasteiger partial charge in [0.05, 0.1) is 16.8 Å². The molecule has 0 saturated heterocycles. The van der Waals surface area contributed by atoms with E-state index in [1.165, 1.54) is 0 Å². The van der Waals surface area contributed by atoms with Crippen molar-refractivity contribution in [2.45, 2.75) is 46.1 Å². The summed E-state index contributed by atoms with van der Waals surface area (Å²) < 4.78 is 1.85. The van der Waals surface area contributed by atoms with Crippen molar-refractivity contribution in [3.63, 3.8) is 0 Å². The van der Waals surface area contributed by atoms with E-state index in [1.54, 1.807) is 0 Å². The molecule has 1 heterocycles. The van der Waals surface area contributed by atoms with Gasteiger partial charge in [0.2, 0.25) is 0 Å². The van der Waals surface area contributed by atoms with E-state index in [0.717, 1.165) is 12.0 Å². The Morgan fingerprint density at radius 3 is 2.29 bits per heavy atom. The molecular weight excluding hydrogens is 176 g/mol. The summed E-state index contributed by atoms with van der Waals surface area (Å²) in [4.78, 5) is 10.8. The standard InChI is InChI=1S/C11H18N2O/c1-8(2)10-9(7-14)6-13(12-10)11(3,4)5/h6-8H,1-5H3. The Labute approximate surface area is 85.1 Å². The molecule has 0 saturated carbocycles. The highest BCUT2D eigenvalue weighted by atomic mass is 16.1. The van der Waals surface area contributed by atoms with E-state index in [0.29, 0.717) is 11.5 Å². The van der Waals surface area contributed by atoms with Gasteiger partial charge in [0.25, 0.3) is 0 Å². The third-order valence-electron chi connectivity index (χ3n) is 2.13. The summed E-state index contributed by atoms with van der Waals surface area (Å²) in [6.07, 6.45) is 2.70. The second-order valence-corrected chi connectivity index (χ2v) is 4.86. The van der Waals surface area contributed by atoms with E-state index in [1.807, 2.05) is 24.7 Å². The number of aromatic nitrogens is 2. The molecule has 0 spiro atoms. The Kier molecular flexibility index (Phi) is 2.79. The lowest BCUT2D eigenvalue weighted by Crippen LogP contribution is -2.22. The van der Waals surface area contributed by atoms with Crippen molar-refractivity contribution < 1.29 is 4.79 Å². The molecule has 0 aliphatic rings. The van der Waals surface area contributed by atoms with Crippen LogP contribution < -0.4 is 0 Å². The van der Waals surface area contributed by atoms with Crippen molar-refractivity contribution >= 4 is 6.29 Å². The molecule has 0 atom stereocenters. The summed E-state index contributed by atoms with van der Waals surface area (Å²) in [6.45, 7) is 10.3. The molecule has 0 aliphatic carbocycles. The first kappa shape index (κ1) is 11.0. The molecule has 1 rings (SSSR count). The van der Waals surface area contributed by atoms with Crippen LogP contribution in [0.25, 0.3) is 0 Å². The van der Waals surface area contributed by atoms with Crippen LogP contribution in [0.5, 0.6) is 0 Å². The van der Waals surface area contributed by atoms with Crippen LogP contribution in [0, 0.1) is 0 Å². The van der Waals surface area contributed by atoms with Gasteiger partial charge in [-0.3, -0.25) is 9.48 Å². The summed E-state index contributed by atoms with van der Waals surface area (Å²) in [5.74, 6) is 0.291. The molecule has 14 heavy (non-hydrogen) atoms. The molecule has 0 amide bonds. The number of hydrogen-bond acceptors (Lipinski definition) is 2. The Morgan fingerprint density at radius 1 is 1.43 bits per heavy atom. The highest BCUT2D eigenvalue weighted by Gasteiger charge is 2.18. The van der Waals surface area contributed by atoms with Crippen molar-refractivity contribution in [1.82, 2.24) is 9.78 Å². The van der Waals surface area contributed by atoms with Crippen LogP contribution in [0.2, 0.25) is 0 Å². The largest absolute Gasteiger partial charge is 0.298 e.